The Morgan fingerprint density at radius 2 is 2.21 bits per heavy atom. The molecular weight excluding hydrogens is 250 g/mol. The molecule has 2 heterocycles. The first kappa shape index (κ1) is 12.7. The molecule has 2 aliphatic rings. The first-order valence-corrected chi connectivity index (χ1v) is 6.78. The van der Waals surface area contributed by atoms with Crippen molar-refractivity contribution in [1.29, 1.82) is 0 Å². The van der Waals surface area contributed by atoms with Crippen LogP contribution in [0.5, 0.6) is 0 Å². The lowest BCUT2D eigenvalue weighted by Gasteiger charge is -2.31. The Kier molecular flexibility index (Phi) is 3.31. The molecule has 2 aliphatic heterocycles. The van der Waals surface area contributed by atoms with Crippen LogP contribution in [0.2, 0.25) is 0 Å². The van der Waals surface area contributed by atoms with E-state index in [1.807, 2.05) is 0 Å². The fraction of sp³-hybridized carbons (Fsp3) is 0.571. The summed E-state index contributed by atoms with van der Waals surface area (Å²) in [6.07, 6.45) is 0.931. The van der Waals surface area contributed by atoms with Gasteiger partial charge in [0, 0.05) is 25.1 Å². The lowest BCUT2D eigenvalue weighted by atomic mass is 10.0. The summed E-state index contributed by atoms with van der Waals surface area (Å²) in [5.41, 5.74) is 1.04. The summed E-state index contributed by atoms with van der Waals surface area (Å²) in [6, 6.07) is 2.56. The van der Waals surface area contributed by atoms with Crippen LogP contribution in [0.15, 0.2) is 12.1 Å². The second kappa shape index (κ2) is 4.96. The number of anilines is 2. The molecule has 19 heavy (non-hydrogen) atoms. The molecular formula is C14H18F2N2O. The van der Waals surface area contributed by atoms with Crippen molar-refractivity contribution >= 4 is 11.4 Å². The molecule has 1 aromatic carbocycles. The monoisotopic (exact) mass is 268 g/mol. The predicted octanol–water partition coefficient (Wildman–Crippen LogP) is 2.62. The van der Waals surface area contributed by atoms with Gasteiger partial charge in [0.1, 0.15) is 5.82 Å². The number of benzene rings is 1. The van der Waals surface area contributed by atoms with Gasteiger partial charge in [-0.25, -0.2) is 8.78 Å². The van der Waals surface area contributed by atoms with Crippen molar-refractivity contribution in [2.75, 3.05) is 36.5 Å². The first-order chi connectivity index (χ1) is 9.20. The summed E-state index contributed by atoms with van der Waals surface area (Å²) >= 11 is 0. The maximum Gasteiger partial charge on any atom is 0.151 e. The molecule has 1 saturated heterocycles. The highest BCUT2D eigenvalue weighted by atomic mass is 19.1. The molecule has 3 nitrogen and oxygen atoms in total. The fourth-order valence-electron chi connectivity index (χ4n) is 3.03. The average molecular weight is 268 g/mol. The van der Waals surface area contributed by atoms with Crippen molar-refractivity contribution in [2.24, 2.45) is 5.92 Å². The van der Waals surface area contributed by atoms with E-state index < -0.39 is 11.6 Å². The minimum Gasteiger partial charge on any atom is -0.381 e. The summed E-state index contributed by atoms with van der Waals surface area (Å²) in [5, 5.41) is 3.12. The molecule has 3 rings (SSSR count). The molecule has 1 fully saturated rings. The normalized spacial score (nSPS) is 25.5. The van der Waals surface area contributed by atoms with Crippen LogP contribution in [0.1, 0.15) is 13.3 Å². The van der Waals surface area contributed by atoms with E-state index in [1.54, 1.807) is 0 Å². The number of hydrogen-bond donors (Lipinski definition) is 1. The third kappa shape index (κ3) is 2.16. The molecule has 1 aromatic rings. The summed E-state index contributed by atoms with van der Waals surface area (Å²) in [6.45, 7) is 4.82. The van der Waals surface area contributed by atoms with Crippen LogP contribution >= 0.6 is 0 Å². The van der Waals surface area contributed by atoms with E-state index in [-0.39, 0.29) is 6.04 Å². The van der Waals surface area contributed by atoms with Gasteiger partial charge in [-0.3, -0.25) is 0 Å². The third-order valence-corrected chi connectivity index (χ3v) is 3.91. The molecule has 5 heteroatoms. The number of nitrogens with zero attached hydrogens (tertiary/aromatic N) is 1. The SMILES string of the molecule is CCCN1c2cc(F)cc(F)c2NCC2COCC21. The van der Waals surface area contributed by atoms with Crippen LogP contribution in [0, 0.1) is 17.6 Å². The molecule has 0 spiro atoms. The third-order valence-electron chi connectivity index (χ3n) is 3.91. The van der Waals surface area contributed by atoms with Crippen LogP contribution in [0.3, 0.4) is 0 Å². The van der Waals surface area contributed by atoms with Gasteiger partial charge in [-0.05, 0) is 12.5 Å². The van der Waals surface area contributed by atoms with Gasteiger partial charge in [0.05, 0.1) is 30.6 Å². The zero-order chi connectivity index (χ0) is 13.4. The minimum absolute atomic E-state index is 0.204. The van der Waals surface area contributed by atoms with E-state index in [1.165, 1.54) is 6.07 Å². The molecule has 0 amide bonds. The maximum atomic E-state index is 13.9. The number of fused-ring (bicyclic) bond motifs is 2. The second-order valence-electron chi connectivity index (χ2n) is 5.22. The topological polar surface area (TPSA) is 24.5 Å². The molecule has 0 radical (unpaired) electrons. The van der Waals surface area contributed by atoms with E-state index in [0.29, 0.717) is 37.1 Å². The lowest BCUT2D eigenvalue weighted by molar-refractivity contribution is 0.185. The summed E-state index contributed by atoms with van der Waals surface area (Å²) in [5.74, 6) is -0.727. The lowest BCUT2D eigenvalue weighted by Crippen LogP contribution is -2.41. The van der Waals surface area contributed by atoms with Gasteiger partial charge in [0.15, 0.2) is 5.82 Å². The number of rotatable bonds is 2. The smallest absolute Gasteiger partial charge is 0.151 e. The first-order valence-electron chi connectivity index (χ1n) is 6.78. The molecule has 2 unspecified atom stereocenters. The molecule has 0 bridgehead atoms. The van der Waals surface area contributed by atoms with Gasteiger partial charge in [0.2, 0.25) is 0 Å². The average Bonchev–Trinajstić information content (AvgIpc) is 2.77. The number of nitrogens with one attached hydrogen (secondary N) is 1. The van der Waals surface area contributed by atoms with Crippen LogP contribution in [0.25, 0.3) is 0 Å². The highest BCUT2D eigenvalue weighted by Crippen LogP contribution is 2.37. The van der Waals surface area contributed by atoms with E-state index in [9.17, 15) is 8.78 Å². The Morgan fingerprint density at radius 1 is 1.37 bits per heavy atom. The van der Waals surface area contributed by atoms with E-state index in [2.05, 4.69) is 17.1 Å². The minimum atomic E-state index is -0.531. The second-order valence-corrected chi connectivity index (χ2v) is 5.22. The van der Waals surface area contributed by atoms with Crippen molar-refractivity contribution < 1.29 is 13.5 Å². The van der Waals surface area contributed by atoms with Gasteiger partial charge in [-0.15, -0.1) is 0 Å². The Bertz CT molecular complexity index is 481. The zero-order valence-electron chi connectivity index (χ0n) is 11.0. The van der Waals surface area contributed by atoms with Crippen molar-refractivity contribution in [3.63, 3.8) is 0 Å². The highest BCUT2D eigenvalue weighted by Gasteiger charge is 2.37. The largest absolute Gasteiger partial charge is 0.381 e. The molecule has 104 valence electrons. The summed E-state index contributed by atoms with van der Waals surface area (Å²) in [7, 11) is 0. The summed E-state index contributed by atoms with van der Waals surface area (Å²) < 4.78 is 33.0. The number of ether oxygens (including phenoxy) is 1. The zero-order valence-corrected chi connectivity index (χ0v) is 11.0. The Morgan fingerprint density at radius 3 is 3.00 bits per heavy atom. The van der Waals surface area contributed by atoms with Gasteiger partial charge in [-0.2, -0.15) is 0 Å². The van der Waals surface area contributed by atoms with Gasteiger partial charge in [0.25, 0.3) is 0 Å². The number of halogens is 2. The Labute approximate surface area is 111 Å². The van der Waals surface area contributed by atoms with Gasteiger partial charge >= 0.3 is 0 Å². The van der Waals surface area contributed by atoms with Crippen LogP contribution in [0.4, 0.5) is 20.2 Å². The maximum absolute atomic E-state index is 13.9. The van der Waals surface area contributed by atoms with E-state index in [0.717, 1.165) is 19.0 Å². The molecule has 0 aliphatic carbocycles. The Balaban J connectivity index is 2.07. The van der Waals surface area contributed by atoms with Crippen molar-refractivity contribution in [3.05, 3.63) is 23.8 Å². The number of hydrogen-bond acceptors (Lipinski definition) is 3. The van der Waals surface area contributed by atoms with E-state index >= 15 is 0 Å². The summed E-state index contributed by atoms with van der Waals surface area (Å²) in [4.78, 5) is 2.10. The van der Waals surface area contributed by atoms with Crippen LogP contribution in [-0.4, -0.2) is 32.3 Å². The molecule has 2 atom stereocenters. The molecule has 0 aromatic heterocycles. The molecule has 1 N–H and O–H groups in total. The quantitative estimate of drug-likeness (QED) is 0.892. The van der Waals surface area contributed by atoms with Gasteiger partial charge < -0.3 is 15.0 Å². The predicted molar refractivity (Wildman–Crippen MR) is 70.6 cm³/mol. The highest BCUT2D eigenvalue weighted by molar-refractivity contribution is 5.72. The van der Waals surface area contributed by atoms with Gasteiger partial charge in [-0.1, -0.05) is 6.92 Å². The van der Waals surface area contributed by atoms with Crippen molar-refractivity contribution in [2.45, 2.75) is 19.4 Å². The van der Waals surface area contributed by atoms with Crippen molar-refractivity contribution in [1.82, 2.24) is 0 Å². The van der Waals surface area contributed by atoms with Crippen LogP contribution in [-0.2, 0) is 4.74 Å². The Hall–Kier alpha value is -1.36. The van der Waals surface area contributed by atoms with Crippen LogP contribution < -0.4 is 10.2 Å². The standard InChI is InChI=1S/C14H18F2N2O/c1-2-3-18-12-5-10(15)4-11(16)14(12)17-6-9-7-19-8-13(9)18/h4-5,9,13,17H,2-3,6-8H2,1H3. The van der Waals surface area contributed by atoms with Crippen molar-refractivity contribution in [3.8, 4) is 0 Å². The van der Waals surface area contributed by atoms with E-state index in [4.69, 9.17) is 4.74 Å². The fourth-order valence-corrected chi connectivity index (χ4v) is 3.03. The molecule has 0 saturated carbocycles.